The molecule has 102 valence electrons. The van der Waals surface area contributed by atoms with Crippen molar-refractivity contribution in [3.05, 3.63) is 0 Å². The normalized spacial score (nSPS) is 14.4. The number of carbonyl (C=O) groups excluding carboxylic acids is 1. The number of aliphatic hydroxyl groups excluding tert-OH is 1. The highest BCUT2D eigenvalue weighted by atomic mass is 16.3. The number of carbonyl (C=O) groups is 1. The molecule has 0 bridgehead atoms. The molecule has 0 aromatic heterocycles. The van der Waals surface area contributed by atoms with E-state index in [0.717, 1.165) is 19.4 Å². The minimum absolute atomic E-state index is 0.0567. The van der Waals surface area contributed by atoms with E-state index < -0.39 is 6.10 Å². The Morgan fingerprint density at radius 2 is 1.88 bits per heavy atom. The fourth-order valence-corrected chi connectivity index (χ4v) is 1.54. The van der Waals surface area contributed by atoms with Gasteiger partial charge in [0, 0.05) is 13.1 Å². The van der Waals surface area contributed by atoms with Gasteiger partial charge in [-0.15, -0.1) is 0 Å². The van der Waals surface area contributed by atoms with Crippen LogP contribution in [0.1, 0.15) is 12.8 Å². The highest BCUT2D eigenvalue weighted by molar-refractivity contribution is 5.81. The summed E-state index contributed by atoms with van der Waals surface area (Å²) >= 11 is 0. The molecule has 0 rings (SSSR count). The summed E-state index contributed by atoms with van der Waals surface area (Å²) in [7, 11) is 5.43. The van der Waals surface area contributed by atoms with Crippen molar-refractivity contribution in [2.45, 2.75) is 25.0 Å². The van der Waals surface area contributed by atoms with Crippen molar-refractivity contribution >= 4 is 5.91 Å². The Bertz CT molecular complexity index is 202. The van der Waals surface area contributed by atoms with E-state index >= 15 is 0 Å². The van der Waals surface area contributed by atoms with Crippen molar-refractivity contribution in [2.24, 2.45) is 0 Å². The number of rotatable bonds is 10. The van der Waals surface area contributed by atoms with E-state index in [2.05, 4.69) is 21.3 Å². The zero-order chi connectivity index (χ0) is 13.1. The third-order valence-electron chi connectivity index (χ3n) is 2.54. The molecule has 0 aromatic rings. The molecular formula is C11H26N4O2. The average molecular weight is 246 g/mol. The maximum atomic E-state index is 11.8. The number of hydrogen-bond donors (Lipinski definition) is 5. The summed E-state index contributed by atoms with van der Waals surface area (Å²) in [6.45, 7) is 1.65. The standard InChI is InChI=1S/C11H26N4O2/c1-12-6-4-5-10(14-3)11(17)15-8-9(16)7-13-2/h9-10,12-14,16H,4-8H2,1-3H3,(H,15,17)/t9?,10-/m0/s1. The van der Waals surface area contributed by atoms with Crippen molar-refractivity contribution in [3.63, 3.8) is 0 Å². The molecule has 0 heterocycles. The highest BCUT2D eigenvalue weighted by Gasteiger charge is 2.16. The van der Waals surface area contributed by atoms with Crippen LogP contribution in [0.5, 0.6) is 0 Å². The van der Waals surface area contributed by atoms with Crippen LogP contribution in [0.4, 0.5) is 0 Å². The molecule has 6 heteroatoms. The van der Waals surface area contributed by atoms with E-state index in [1.807, 2.05) is 7.05 Å². The molecule has 2 atom stereocenters. The smallest absolute Gasteiger partial charge is 0.237 e. The molecule has 1 unspecified atom stereocenters. The molecule has 17 heavy (non-hydrogen) atoms. The molecule has 0 fully saturated rings. The van der Waals surface area contributed by atoms with Gasteiger partial charge in [-0.2, -0.15) is 0 Å². The number of likely N-dealkylation sites (N-methyl/N-ethyl adjacent to an activating group) is 2. The Hall–Kier alpha value is -0.690. The zero-order valence-corrected chi connectivity index (χ0v) is 11.0. The third-order valence-corrected chi connectivity index (χ3v) is 2.54. The molecule has 0 aromatic carbocycles. The lowest BCUT2D eigenvalue weighted by Crippen LogP contribution is -2.46. The van der Waals surface area contributed by atoms with Gasteiger partial charge >= 0.3 is 0 Å². The van der Waals surface area contributed by atoms with Crippen LogP contribution in [0, 0.1) is 0 Å². The fourth-order valence-electron chi connectivity index (χ4n) is 1.54. The van der Waals surface area contributed by atoms with Crippen molar-refractivity contribution in [3.8, 4) is 0 Å². The predicted molar refractivity (Wildman–Crippen MR) is 69.0 cm³/mol. The van der Waals surface area contributed by atoms with Crippen LogP contribution in [0.3, 0.4) is 0 Å². The number of amides is 1. The van der Waals surface area contributed by atoms with Gasteiger partial charge in [0.1, 0.15) is 0 Å². The first-order valence-electron chi connectivity index (χ1n) is 6.08. The summed E-state index contributed by atoms with van der Waals surface area (Å²) < 4.78 is 0. The molecule has 0 radical (unpaired) electrons. The summed E-state index contributed by atoms with van der Waals surface area (Å²) in [6, 6.07) is -0.190. The van der Waals surface area contributed by atoms with Gasteiger partial charge in [0.2, 0.25) is 5.91 Å². The van der Waals surface area contributed by atoms with Crippen molar-refractivity contribution < 1.29 is 9.90 Å². The van der Waals surface area contributed by atoms with Crippen molar-refractivity contribution in [1.29, 1.82) is 0 Å². The topological polar surface area (TPSA) is 85.4 Å². The van der Waals surface area contributed by atoms with E-state index in [0.29, 0.717) is 6.54 Å². The number of hydrogen-bond acceptors (Lipinski definition) is 5. The lowest BCUT2D eigenvalue weighted by atomic mass is 10.1. The van der Waals surface area contributed by atoms with Crippen LogP contribution in [-0.2, 0) is 4.79 Å². The Labute approximate surface area is 104 Å². The number of nitrogens with one attached hydrogen (secondary N) is 4. The van der Waals surface area contributed by atoms with E-state index in [-0.39, 0.29) is 18.5 Å². The first kappa shape index (κ1) is 16.3. The summed E-state index contributed by atoms with van der Waals surface area (Å²) in [5.74, 6) is -0.0567. The van der Waals surface area contributed by atoms with Gasteiger partial charge in [-0.25, -0.2) is 0 Å². The molecule has 0 saturated carbocycles. The lowest BCUT2D eigenvalue weighted by Gasteiger charge is -2.17. The SMILES string of the molecule is CNCCC[C@H](NC)C(=O)NCC(O)CNC. The second kappa shape index (κ2) is 10.5. The van der Waals surface area contributed by atoms with Crippen LogP contribution in [-0.4, -0.2) is 63.9 Å². The van der Waals surface area contributed by atoms with E-state index in [1.165, 1.54) is 0 Å². The molecule has 0 aliphatic heterocycles. The quantitative estimate of drug-likeness (QED) is 0.296. The van der Waals surface area contributed by atoms with Crippen molar-refractivity contribution in [1.82, 2.24) is 21.3 Å². The summed E-state index contributed by atoms with van der Waals surface area (Å²) in [4.78, 5) is 11.8. The van der Waals surface area contributed by atoms with Crippen LogP contribution in [0.2, 0.25) is 0 Å². The van der Waals surface area contributed by atoms with Gasteiger partial charge < -0.3 is 26.4 Å². The molecule has 0 aliphatic rings. The van der Waals surface area contributed by atoms with Gasteiger partial charge in [-0.05, 0) is 40.5 Å². The fraction of sp³-hybridized carbons (Fsp3) is 0.909. The Morgan fingerprint density at radius 1 is 1.18 bits per heavy atom. The summed E-state index contributed by atoms with van der Waals surface area (Å²) in [6.07, 6.45) is 1.18. The third kappa shape index (κ3) is 8.09. The first-order chi connectivity index (χ1) is 8.15. The summed E-state index contributed by atoms with van der Waals surface area (Å²) in [5.41, 5.74) is 0. The maximum Gasteiger partial charge on any atom is 0.237 e. The number of aliphatic hydroxyl groups is 1. The maximum absolute atomic E-state index is 11.8. The van der Waals surface area contributed by atoms with Gasteiger partial charge in [-0.3, -0.25) is 4.79 Å². The largest absolute Gasteiger partial charge is 0.390 e. The molecule has 5 N–H and O–H groups in total. The van der Waals surface area contributed by atoms with E-state index in [9.17, 15) is 9.90 Å². The van der Waals surface area contributed by atoms with Crippen LogP contribution >= 0.6 is 0 Å². The molecule has 0 saturated heterocycles. The minimum atomic E-state index is -0.543. The van der Waals surface area contributed by atoms with Gasteiger partial charge in [0.15, 0.2) is 0 Å². The van der Waals surface area contributed by atoms with E-state index in [4.69, 9.17) is 0 Å². The molecule has 1 amide bonds. The zero-order valence-electron chi connectivity index (χ0n) is 11.0. The van der Waals surface area contributed by atoms with E-state index in [1.54, 1.807) is 14.1 Å². The second-order valence-corrected chi connectivity index (χ2v) is 4.04. The van der Waals surface area contributed by atoms with Crippen LogP contribution < -0.4 is 21.3 Å². The average Bonchev–Trinajstić information content (AvgIpc) is 2.32. The lowest BCUT2D eigenvalue weighted by molar-refractivity contribution is -0.123. The first-order valence-corrected chi connectivity index (χ1v) is 6.08. The predicted octanol–water partition coefficient (Wildman–Crippen LogP) is -1.73. The van der Waals surface area contributed by atoms with Crippen molar-refractivity contribution in [2.75, 3.05) is 40.8 Å². The second-order valence-electron chi connectivity index (χ2n) is 4.04. The molecular weight excluding hydrogens is 220 g/mol. The molecule has 6 nitrogen and oxygen atoms in total. The molecule has 0 spiro atoms. The Balaban J connectivity index is 3.82. The summed E-state index contributed by atoms with van der Waals surface area (Å²) in [5, 5.41) is 21.1. The molecule has 0 aliphatic carbocycles. The van der Waals surface area contributed by atoms with Gasteiger partial charge in [0.05, 0.1) is 12.1 Å². The monoisotopic (exact) mass is 246 g/mol. The van der Waals surface area contributed by atoms with Crippen LogP contribution in [0.15, 0.2) is 0 Å². The van der Waals surface area contributed by atoms with Gasteiger partial charge in [0.25, 0.3) is 0 Å². The Morgan fingerprint density at radius 3 is 2.41 bits per heavy atom. The Kier molecular flexibility index (Phi) is 10.0. The highest BCUT2D eigenvalue weighted by Crippen LogP contribution is 1.96. The van der Waals surface area contributed by atoms with Crippen LogP contribution in [0.25, 0.3) is 0 Å². The van der Waals surface area contributed by atoms with Gasteiger partial charge in [-0.1, -0.05) is 0 Å². The minimum Gasteiger partial charge on any atom is -0.390 e.